The Kier molecular flexibility index (Phi) is 6.09. The predicted molar refractivity (Wildman–Crippen MR) is 107 cm³/mol. The molecule has 0 saturated carbocycles. The molecule has 0 aromatic heterocycles. The van der Waals surface area contributed by atoms with E-state index in [0.29, 0.717) is 27.6 Å². The first-order valence-electron chi connectivity index (χ1n) is 8.08. The molecule has 1 aromatic carbocycles. The van der Waals surface area contributed by atoms with Crippen molar-refractivity contribution >= 4 is 66.8 Å². The standard InChI is InChI=1S/C17H16Br2N2O4S/c18-11-6-10(7-12(19)15(11)23)8-13-16(24)21(17(25)26-13)9-14(22)20-4-2-1-3-5-20/h6-8,23H,1-5,9H2/b13-8-. The van der Waals surface area contributed by atoms with Gasteiger partial charge in [0.2, 0.25) is 5.91 Å². The number of piperidine rings is 1. The van der Waals surface area contributed by atoms with Crippen molar-refractivity contribution in [1.82, 2.24) is 9.80 Å². The molecule has 1 aromatic rings. The van der Waals surface area contributed by atoms with Gasteiger partial charge in [-0.25, -0.2) is 0 Å². The van der Waals surface area contributed by atoms with Crippen LogP contribution in [0, 0.1) is 0 Å². The topological polar surface area (TPSA) is 77.9 Å². The number of amides is 3. The number of carbonyl (C=O) groups is 3. The minimum Gasteiger partial charge on any atom is -0.506 e. The molecule has 6 nitrogen and oxygen atoms in total. The Morgan fingerprint density at radius 1 is 1.15 bits per heavy atom. The number of likely N-dealkylation sites (tertiary alicyclic amines) is 1. The second-order valence-corrected chi connectivity index (χ2v) is 8.74. The number of rotatable bonds is 3. The van der Waals surface area contributed by atoms with E-state index >= 15 is 0 Å². The van der Waals surface area contributed by atoms with E-state index in [4.69, 9.17) is 0 Å². The Hall–Kier alpha value is -1.32. The van der Waals surface area contributed by atoms with Gasteiger partial charge in [0.05, 0.1) is 13.9 Å². The van der Waals surface area contributed by atoms with E-state index in [0.717, 1.165) is 35.9 Å². The molecule has 2 saturated heterocycles. The number of thioether (sulfide) groups is 1. The number of phenols is 1. The minimum atomic E-state index is -0.467. The maximum Gasteiger partial charge on any atom is 0.294 e. The second kappa shape index (κ2) is 8.14. The number of hydrogen-bond acceptors (Lipinski definition) is 5. The summed E-state index contributed by atoms with van der Waals surface area (Å²) in [6, 6.07) is 3.29. The quantitative estimate of drug-likeness (QED) is 0.631. The number of imide groups is 1. The smallest absolute Gasteiger partial charge is 0.294 e. The Morgan fingerprint density at radius 3 is 2.38 bits per heavy atom. The zero-order chi connectivity index (χ0) is 18.8. The Bertz CT molecular complexity index is 783. The lowest BCUT2D eigenvalue weighted by atomic mass is 10.1. The number of phenolic OH excluding ortho intramolecular Hbond substituents is 1. The van der Waals surface area contributed by atoms with Gasteiger partial charge in [-0.3, -0.25) is 19.3 Å². The van der Waals surface area contributed by atoms with Gasteiger partial charge in [-0.1, -0.05) is 0 Å². The summed E-state index contributed by atoms with van der Waals surface area (Å²) in [4.78, 5) is 40.1. The Balaban J connectivity index is 1.75. The molecule has 0 atom stereocenters. The first-order chi connectivity index (χ1) is 12.4. The molecule has 3 amide bonds. The highest BCUT2D eigenvalue weighted by Crippen LogP contribution is 2.36. The van der Waals surface area contributed by atoms with Crippen LogP contribution in [0.1, 0.15) is 24.8 Å². The van der Waals surface area contributed by atoms with E-state index in [-0.39, 0.29) is 23.1 Å². The summed E-state index contributed by atoms with van der Waals surface area (Å²) in [6.07, 6.45) is 4.59. The SMILES string of the molecule is O=C(CN1C(=O)S/C(=C\c2cc(Br)c(O)c(Br)c2)C1=O)N1CCCCC1. The van der Waals surface area contributed by atoms with Gasteiger partial charge in [0, 0.05) is 13.1 Å². The largest absolute Gasteiger partial charge is 0.506 e. The van der Waals surface area contributed by atoms with E-state index in [1.807, 2.05) is 0 Å². The van der Waals surface area contributed by atoms with Crippen molar-refractivity contribution in [2.45, 2.75) is 19.3 Å². The lowest BCUT2D eigenvalue weighted by Crippen LogP contribution is -2.44. The molecular formula is C17H16Br2N2O4S. The molecule has 0 bridgehead atoms. The second-order valence-electron chi connectivity index (χ2n) is 6.04. The highest BCUT2D eigenvalue weighted by atomic mass is 79.9. The van der Waals surface area contributed by atoms with Gasteiger partial charge in [-0.2, -0.15) is 0 Å². The maximum atomic E-state index is 12.5. The highest BCUT2D eigenvalue weighted by Gasteiger charge is 2.37. The number of benzene rings is 1. The molecule has 1 N–H and O–H groups in total. The van der Waals surface area contributed by atoms with E-state index in [1.165, 1.54) is 0 Å². The van der Waals surface area contributed by atoms with Gasteiger partial charge in [-0.15, -0.1) is 0 Å². The molecule has 0 unspecified atom stereocenters. The van der Waals surface area contributed by atoms with Crippen LogP contribution in [-0.2, 0) is 9.59 Å². The van der Waals surface area contributed by atoms with Crippen LogP contribution in [0.15, 0.2) is 26.0 Å². The number of aromatic hydroxyl groups is 1. The monoisotopic (exact) mass is 502 g/mol. The third-order valence-electron chi connectivity index (χ3n) is 4.21. The zero-order valence-corrected chi connectivity index (χ0v) is 17.7. The number of hydrogen-bond donors (Lipinski definition) is 1. The first kappa shape index (κ1) is 19.4. The van der Waals surface area contributed by atoms with E-state index in [2.05, 4.69) is 31.9 Å². The van der Waals surface area contributed by atoms with Crippen molar-refractivity contribution < 1.29 is 19.5 Å². The molecule has 2 aliphatic rings. The van der Waals surface area contributed by atoms with Crippen LogP contribution in [0.4, 0.5) is 4.79 Å². The van der Waals surface area contributed by atoms with Gasteiger partial charge in [0.15, 0.2) is 0 Å². The lowest BCUT2D eigenvalue weighted by Gasteiger charge is -2.27. The van der Waals surface area contributed by atoms with E-state index in [9.17, 15) is 19.5 Å². The molecule has 2 heterocycles. The summed E-state index contributed by atoms with van der Waals surface area (Å²) in [5, 5.41) is 9.32. The van der Waals surface area contributed by atoms with Crippen molar-refractivity contribution in [1.29, 1.82) is 0 Å². The van der Waals surface area contributed by atoms with Crippen LogP contribution in [0.5, 0.6) is 5.75 Å². The van der Waals surface area contributed by atoms with Crippen molar-refractivity contribution in [3.05, 3.63) is 31.5 Å². The summed E-state index contributed by atoms with van der Waals surface area (Å²) in [5.41, 5.74) is 0.648. The maximum absolute atomic E-state index is 12.5. The van der Waals surface area contributed by atoms with Gasteiger partial charge in [-0.05, 0) is 86.7 Å². The molecule has 2 fully saturated rings. The van der Waals surface area contributed by atoms with Crippen LogP contribution < -0.4 is 0 Å². The molecule has 0 aliphatic carbocycles. The average molecular weight is 504 g/mol. The fourth-order valence-corrected chi connectivity index (χ4v) is 4.89. The summed E-state index contributed by atoms with van der Waals surface area (Å²) in [7, 11) is 0. The van der Waals surface area contributed by atoms with Crippen molar-refractivity contribution in [2.24, 2.45) is 0 Å². The number of carbonyl (C=O) groups excluding carboxylic acids is 3. The molecule has 3 rings (SSSR count). The lowest BCUT2D eigenvalue weighted by molar-refractivity contribution is -0.136. The highest BCUT2D eigenvalue weighted by molar-refractivity contribution is 9.11. The third kappa shape index (κ3) is 4.15. The Morgan fingerprint density at radius 2 is 1.77 bits per heavy atom. The summed E-state index contributed by atoms with van der Waals surface area (Å²) < 4.78 is 0.940. The fourth-order valence-electron chi connectivity index (χ4n) is 2.83. The third-order valence-corrected chi connectivity index (χ3v) is 6.33. The van der Waals surface area contributed by atoms with Crippen LogP contribution in [0.2, 0.25) is 0 Å². The summed E-state index contributed by atoms with van der Waals surface area (Å²) in [6.45, 7) is 1.14. The predicted octanol–water partition coefficient (Wildman–Crippen LogP) is 3.97. The van der Waals surface area contributed by atoms with E-state index < -0.39 is 11.1 Å². The van der Waals surface area contributed by atoms with Crippen LogP contribution in [0.3, 0.4) is 0 Å². The van der Waals surface area contributed by atoms with Crippen LogP contribution in [0.25, 0.3) is 6.08 Å². The normalized spacial score (nSPS) is 19.5. The summed E-state index contributed by atoms with van der Waals surface area (Å²) in [5.74, 6) is -0.601. The Labute approximate surface area is 171 Å². The molecule has 0 radical (unpaired) electrons. The molecule has 0 spiro atoms. The van der Waals surface area contributed by atoms with Crippen molar-refractivity contribution in [3.8, 4) is 5.75 Å². The first-order valence-corrected chi connectivity index (χ1v) is 10.5. The minimum absolute atomic E-state index is 0.0578. The van der Waals surface area contributed by atoms with Gasteiger partial charge >= 0.3 is 0 Å². The molecule has 2 aliphatic heterocycles. The van der Waals surface area contributed by atoms with Gasteiger partial charge in [0.1, 0.15) is 12.3 Å². The zero-order valence-electron chi connectivity index (χ0n) is 13.7. The van der Waals surface area contributed by atoms with Crippen molar-refractivity contribution in [3.63, 3.8) is 0 Å². The number of halogens is 2. The van der Waals surface area contributed by atoms with Crippen molar-refractivity contribution in [2.75, 3.05) is 19.6 Å². The fraction of sp³-hybridized carbons (Fsp3) is 0.353. The van der Waals surface area contributed by atoms with E-state index in [1.54, 1.807) is 23.1 Å². The molecular weight excluding hydrogens is 488 g/mol. The molecule has 9 heteroatoms. The molecule has 138 valence electrons. The average Bonchev–Trinajstić information content (AvgIpc) is 2.87. The molecule has 26 heavy (non-hydrogen) atoms. The van der Waals surface area contributed by atoms with Gasteiger partial charge in [0.25, 0.3) is 11.1 Å². The number of nitrogens with zero attached hydrogens (tertiary/aromatic N) is 2. The van der Waals surface area contributed by atoms with Crippen LogP contribution >= 0.6 is 43.6 Å². The van der Waals surface area contributed by atoms with Gasteiger partial charge < -0.3 is 10.0 Å². The van der Waals surface area contributed by atoms with Crippen LogP contribution in [-0.4, -0.2) is 51.6 Å². The summed E-state index contributed by atoms with van der Waals surface area (Å²) >= 11 is 7.28.